The Morgan fingerprint density at radius 1 is 0.964 bits per heavy atom. The number of carboxylic acids is 1. The van der Waals surface area contributed by atoms with E-state index in [0.717, 1.165) is 5.01 Å². The van der Waals surface area contributed by atoms with Gasteiger partial charge in [0.15, 0.2) is 0 Å². The molecule has 0 aromatic heterocycles. The van der Waals surface area contributed by atoms with Gasteiger partial charge in [-0.05, 0) is 24.3 Å². The molecule has 1 aliphatic heterocycles. The van der Waals surface area contributed by atoms with E-state index < -0.39 is 35.7 Å². The molecule has 28 heavy (non-hydrogen) atoms. The smallest absolute Gasteiger partial charge is 0.326 e. The minimum absolute atomic E-state index is 0.00248. The normalized spacial score (nSPS) is 15.1. The Kier molecular flexibility index (Phi) is 5.51. The molecule has 3 rings (SSSR count). The molecular formula is C20H19N3O5. The van der Waals surface area contributed by atoms with Crippen LogP contribution >= 0.6 is 0 Å². The molecule has 3 amide bonds. The van der Waals surface area contributed by atoms with Crippen LogP contribution in [0.2, 0.25) is 0 Å². The van der Waals surface area contributed by atoms with Crippen LogP contribution in [-0.4, -0.2) is 46.4 Å². The molecule has 3 N–H and O–H groups in total. The molecule has 1 heterocycles. The zero-order valence-corrected chi connectivity index (χ0v) is 15.1. The van der Waals surface area contributed by atoms with Crippen LogP contribution in [0.1, 0.15) is 38.0 Å². The van der Waals surface area contributed by atoms with Gasteiger partial charge in [0.1, 0.15) is 6.04 Å². The third-order valence-corrected chi connectivity index (χ3v) is 4.52. The number of aliphatic carboxylic acids is 1. The molecule has 2 unspecified atom stereocenters. The van der Waals surface area contributed by atoms with E-state index in [1.165, 1.54) is 0 Å². The van der Waals surface area contributed by atoms with Gasteiger partial charge in [-0.1, -0.05) is 37.3 Å². The second-order valence-electron chi connectivity index (χ2n) is 6.49. The molecule has 8 nitrogen and oxygen atoms in total. The molecule has 0 fully saturated rings. The highest BCUT2D eigenvalue weighted by Gasteiger charge is 2.36. The van der Waals surface area contributed by atoms with Crippen molar-refractivity contribution in [1.82, 2.24) is 15.8 Å². The van der Waals surface area contributed by atoms with Crippen molar-refractivity contribution in [2.24, 2.45) is 5.92 Å². The molecule has 2 aromatic carbocycles. The minimum atomic E-state index is -1.21. The summed E-state index contributed by atoms with van der Waals surface area (Å²) in [7, 11) is 0. The first-order valence-electron chi connectivity index (χ1n) is 8.70. The van der Waals surface area contributed by atoms with Gasteiger partial charge in [0, 0.05) is 18.0 Å². The zero-order valence-electron chi connectivity index (χ0n) is 15.1. The first-order valence-corrected chi connectivity index (χ1v) is 8.70. The van der Waals surface area contributed by atoms with Crippen molar-refractivity contribution in [2.75, 3.05) is 6.54 Å². The van der Waals surface area contributed by atoms with Crippen LogP contribution in [0.25, 0.3) is 0 Å². The number of hydrogen-bond donors (Lipinski definition) is 3. The number of nitrogens with zero attached hydrogens (tertiary/aromatic N) is 1. The Hall–Kier alpha value is -3.52. The third-order valence-electron chi connectivity index (χ3n) is 4.52. The Labute approximate surface area is 161 Å². The summed E-state index contributed by atoms with van der Waals surface area (Å²) in [5.41, 5.74) is 3.62. The first kappa shape index (κ1) is 19.2. The molecule has 0 bridgehead atoms. The van der Waals surface area contributed by atoms with Gasteiger partial charge in [-0.3, -0.25) is 14.4 Å². The van der Waals surface area contributed by atoms with E-state index in [1.807, 2.05) is 0 Å². The van der Waals surface area contributed by atoms with E-state index in [-0.39, 0.29) is 6.54 Å². The molecule has 8 heteroatoms. The number of rotatable bonds is 7. The van der Waals surface area contributed by atoms with Crippen LogP contribution in [0.15, 0.2) is 54.6 Å². The maximum atomic E-state index is 12.3. The number of carbonyl (C=O) groups excluding carboxylic acids is 3. The summed E-state index contributed by atoms with van der Waals surface area (Å²) in [5.74, 6) is -3.31. The number of carboxylic acid groups (broad SMARTS) is 1. The maximum Gasteiger partial charge on any atom is 0.326 e. The largest absolute Gasteiger partial charge is 0.480 e. The van der Waals surface area contributed by atoms with Gasteiger partial charge in [0.05, 0.1) is 11.1 Å². The fourth-order valence-electron chi connectivity index (χ4n) is 2.95. The van der Waals surface area contributed by atoms with E-state index >= 15 is 0 Å². The lowest BCUT2D eigenvalue weighted by Gasteiger charge is -2.24. The lowest BCUT2D eigenvalue weighted by atomic mass is 10.0. The standard InChI is InChI=1S/C20H19N3O5/c1-12(16(20(27)28)22-17(24)13-7-3-2-4-8-13)11-21-23-18(25)14-9-5-6-10-15(14)19(23)26/h2-10,12,16,21H,11H2,1H3,(H,22,24)(H,27,28). The molecule has 0 radical (unpaired) electrons. The number of hydrazine groups is 1. The van der Waals surface area contributed by atoms with Gasteiger partial charge in [0.25, 0.3) is 17.7 Å². The van der Waals surface area contributed by atoms with Crippen molar-refractivity contribution < 1.29 is 24.3 Å². The summed E-state index contributed by atoms with van der Waals surface area (Å²) < 4.78 is 0. The average Bonchev–Trinajstić information content (AvgIpc) is 2.95. The highest BCUT2D eigenvalue weighted by atomic mass is 16.4. The lowest BCUT2D eigenvalue weighted by molar-refractivity contribution is -0.140. The maximum absolute atomic E-state index is 12.3. The number of carbonyl (C=O) groups is 4. The molecule has 2 aromatic rings. The van der Waals surface area contributed by atoms with Gasteiger partial charge in [-0.25, -0.2) is 15.2 Å². The van der Waals surface area contributed by atoms with Gasteiger partial charge in [-0.15, -0.1) is 0 Å². The molecule has 0 saturated heterocycles. The average molecular weight is 381 g/mol. The molecule has 2 atom stereocenters. The Morgan fingerprint density at radius 2 is 1.50 bits per heavy atom. The second-order valence-corrected chi connectivity index (χ2v) is 6.49. The van der Waals surface area contributed by atoms with Crippen LogP contribution in [0.4, 0.5) is 0 Å². The number of fused-ring (bicyclic) bond motifs is 1. The van der Waals surface area contributed by atoms with E-state index in [1.54, 1.807) is 61.5 Å². The summed E-state index contributed by atoms with van der Waals surface area (Å²) in [6.45, 7) is 1.60. The fraction of sp³-hybridized carbons (Fsp3) is 0.200. The molecule has 144 valence electrons. The Balaban J connectivity index is 1.65. The summed E-state index contributed by atoms with van der Waals surface area (Å²) in [6.07, 6.45) is 0. The second kappa shape index (κ2) is 8.01. The minimum Gasteiger partial charge on any atom is -0.480 e. The number of benzene rings is 2. The van der Waals surface area contributed by atoms with Gasteiger partial charge >= 0.3 is 5.97 Å². The SMILES string of the molecule is CC(CNN1C(=O)c2ccccc2C1=O)C(NC(=O)c1ccccc1)C(=O)O. The van der Waals surface area contributed by atoms with Crippen molar-refractivity contribution in [3.8, 4) is 0 Å². The number of imide groups is 1. The summed E-state index contributed by atoms with van der Waals surface area (Å²) >= 11 is 0. The summed E-state index contributed by atoms with van der Waals surface area (Å²) in [6, 6.07) is 13.5. The third kappa shape index (κ3) is 3.77. The first-order chi connectivity index (χ1) is 13.4. The highest BCUT2D eigenvalue weighted by molar-refractivity contribution is 6.20. The predicted molar refractivity (Wildman–Crippen MR) is 99.4 cm³/mol. The Bertz CT molecular complexity index is 893. The molecule has 1 aliphatic rings. The van der Waals surface area contributed by atoms with Crippen molar-refractivity contribution in [2.45, 2.75) is 13.0 Å². The van der Waals surface area contributed by atoms with Crippen molar-refractivity contribution >= 4 is 23.7 Å². The summed E-state index contributed by atoms with van der Waals surface area (Å²) in [5, 5.41) is 12.8. The fourth-order valence-corrected chi connectivity index (χ4v) is 2.95. The monoisotopic (exact) mass is 381 g/mol. The van der Waals surface area contributed by atoms with Gasteiger partial charge in [0.2, 0.25) is 0 Å². The molecule has 0 aliphatic carbocycles. The van der Waals surface area contributed by atoms with Crippen LogP contribution in [0, 0.1) is 5.92 Å². The topological polar surface area (TPSA) is 116 Å². The predicted octanol–water partition coefficient (Wildman–Crippen LogP) is 1.31. The molecule has 0 saturated carbocycles. The van der Waals surface area contributed by atoms with Crippen molar-refractivity contribution in [1.29, 1.82) is 0 Å². The molecule has 0 spiro atoms. The number of amides is 3. The van der Waals surface area contributed by atoms with E-state index in [4.69, 9.17) is 0 Å². The lowest BCUT2D eigenvalue weighted by Crippen LogP contribution is -2.51. The van der Waals surface area contributed by atoms with Crippen LogP contribution < -0.4 is 10.7 Å². The molecular weight excluding hydrogens is 362 g/mol. The number of nitrogens with one attached hydrogen (secondary N) is 2. The number of hydrogen-bond acceptors (Lipinski definition) is 5. The highest BCUT2D eigenvalue weighted by Crippen LogP contribution is 2.21. The van der Waals surface area contributed by atoms with Crippen LogP contribution in [-0.2, 0) is 4.79 Å². The van der Waals surface area contributed by atoms with Gasteiger partial charge in [-0.2, -0.15) is 0 Å². The zero-order chi connectivity index (χ0) is 20.3. The van der Waals surface area contributed by atoms with Crippen LogP contribution in [0.5, 0.6) is 0 Å². The van der Waals surface area contributed by atoms with E-state index in [9.17, 15) is 24.3 Å². The van der Waals surface area contributed by atoms with Gasteiger partial charge < -0.3 is 10.4 Å². The quantitative estimate of drug-likeness (QED) is 0.623. The Morgan fingerprint density at radius 3 is 2.04 bits per heavy atom. The van der Waals surface area contributed by atoms with E-state index in [0.29, 0.717) is 16.7 Å². The van der Waals surface area contributed by atoms with Crippen molar-refractivity contribution in [3.05, 3.63) is 71.3 Å². The van der Waals surface area contributed by atoms with E-state index in [2.05, 4.69) is 10.7 Å². The summed E-state index contributed by atoms with van der Waals surface area (Å²) in [4.78, 5) is 48.6. The van der Waals surface area contributed by atoms with Crippen molar-refractivity contribution in [3.63, 3.8) is 0 Å². The van der Waals surface area contributed by atoms with Crippen LogP contribution in [0.3, 0.4) is 0 Å².